The molecule has 1 aromatic rings. The Morgan fingerprint density at radius 3 is 2.80 bits per heavy atom. The fourth-order valence-corrected chi connectivity index (χ4v) is 1.21. The molecule has 1 aromatic heterocycles. The lowest BCUT2D eigenvalue weighted by molar-refractivity contribution is 0.0816. The molecule has 0 amide bonds. The van der Waals surface area contributed by atoms with E-state index in [0.717, 1.165) is 0 Å². The maximum absolute atomic E-state index is 11.8. The second kappa shape index (κ2) is 5.07. The molecule has 0 saturated heterocycles. The second-order valence-electron chi connectivity index (χ2n) is 2.91. The van der Waals surface area contributed by atoms with E-state index in [1.54, 1.807) is 6.92 Å². The summed E-state index contributed by atoms with van der Waals surface area (Å²) >= 11 is 5.74. The Hall–Kier alpha value is -1.16. The second-order valence-corrected chi connectivity index (χ2v) is 3.48. The number of rotatable bonds is 3. The van der Waals surface area contributed by atoms with E-state index in [2.05, 4.69) is 11.6 Å². The van der Waals surface area contributed by atoms with E-state index in [-0.39, 0.29) is 5.75 Å². The highest BCUT2D eigenvalue weighted by Gasteiger charge is 2.03. The third kappa shape index (κ3) is 3.47. The van der Waals surface area contributed by atoms with Gasteiger partial charge in [0, 0.05) is 5.03 Å². The molecular formula is C10H10ClF2NO. The standard InChI is InChI=1S/C10H10ClF2NO/c1-6-3-8(15-5-9(12)13)4-14-10(6)7(2)11/h3-4,9H,1,5H2,2H3/b10-7-. The third-order valence-corrected chi connectivity index (χ3v) is 1.82. The first-order valence-electron chi connectivity index (χ1n) is 4.23. The fourth-order valence-electron chi connectivity index (χ4n) is 1.04. The van der Waals surface area contributed by atoms with Crippen LogP contribution in [-0.2, 0) is 0 Å². The first kappa shape index (κ1) is 11.9. The molecule has 0 aliphatic heterocycles. The molecular weight excluding hydrogens is 224 g/mol. The fraction of sp³-hybridized carbons (Fsp3) is 0.300. The summed E-state index contributed by atoms with van der Waals surface area (Å²) in [5.74, 6) is 0.266. The van der Waals surface area contributed by atoms with Gasteiger partial charge in [-0.2, -0.15) is 0 Å². The van der Waals surface area contributed by atoms with E-state index < -0.39 is 13.0 Å². The minimum absolute atomic E-state index is 0.266. The lowest BCUT2D eigenvalue weighted by Gasteiger charge is -2.04. The van der Waals surface area contributed by atoms with Crippen LogP contribution in [0.1, 0.15) is 6.92 Å². The average molecular weight is 234 g/mol. The molecule has 0 saturated carbocycles. The minimum Gasteiger partial charge on any atom is -0.486 e. The van der Waals surface area contributed by atoms with Crippen molar-refractivity contribution in [3.05, 3.63) is 22.8 Å². The first-order valence-corrected chi connectivity index (χ1v) is 4.61. The smallest absolute Gasteiger partial charge is 0.272 e. The summed E-state index contributed by atoms with van der Waals surface area (Å²) in [5.41, 5.74) is 0. The van der Waals surface area contributed by atoms with Crippen LogP contribution in [0.5, 0.6) is 5.75 Å². The SMILES string of the molecule is C=c1cc(OCC(F)F)cn/c1=C(/C)Cl. The Bertz CT molecular complexity index is 443. The summed E-state index contributed by atoms with van der Waals surface area (Å²) in [7, 11) is 0. The minimum atomic E-state index is -2.50. The summed E-state index contributed by atoms with van der Waals surface area (Å²) in [6.07, 6.45) is -1.16. The summed E-state index contributed by atoms with van der Waals surface area (Å²) < 4.78 is 28.5. The van der Waals surface area contributed by atoms with Crippen molar-refractivity contribution in [1.29, 1.82) is 0 Å². The molecule has 0 aliphatic rings. The molecule has 0 radical (unpaired) electrons. The van der Waals surface area contributed by atoms with Crippen LogP contribution in [0.25, 0.3) is 11.6 Å². The monoisotopic (exact) mass is 233 g/mol. The van der Waals surface area contributed by atoms with E-state index in [9.17, 15) is 8.78 Å². The maximum Gasteiger partial charge on any atom is 0.272 e. The van der Waals surface area contributed by atoms with Crippen LogP contribution >= 0.6 is 11.6 Å². The number of ether oxygens (including phenoxy) is 1. The van der Waals surface area contributed by atoms with E-state index >= 15 is 0 Å². The van der Waals surface area contributed by atoms with E-state index in [1.165, 1.54) is 12.3 Å². The van der Waals surface area contributed by atoms with Gasteiger partial charge < -0.3 is 4.74 Å². The van der Waals surface area contributed by atoms with Crippen molar-refractivity contribution in [3.63, 3.8) is 0 Å². The van der Waals surface area contributed by atoms with Crippen molar-refractivity contribution in [2.24, 2.45) is 0 Å². The molecule has 0 N–H and O–H groups in total. The number of aromatic nitrogens is 1. The number of hydrogen-bond donors (Lipinski definition) is 0. The molecule has 0 aliphatic carbocycles. The van der Waals surface area contributed by atoms with Gasteiger partial charge in [-0.3, -0.25) is 4.98 Å². The van der Waals surface area contributed by atoms with Gasteiger partial charge in [0.2, 0.25) is 0 Å². The van der Waals surface area contributed by atoms with Gasteiger partial charge in [0.1, 0.15) is 12.4 Å². The molecule has 5 heteroatoms. The van der Waals surface area contributed by atoms with Gasteiger partial charge in [0.25, 0.3) is 6.43 Å². The predicted octanol–water partition coefficient (Wildman–Crippen LogP) is 1.50. The van der Waals surface area contributed by atoms with E-state index in [4.69, 9.17) is 16.3 Å². The quantitative estimate of drug-likeness (QED) is 0.790. The Labute approximate surface area is 90.8 Å². The van der Waals surface area contributed by atoms with Gasteiger partial charge in [0.05, 0.1) is 11.5 Å². The van der Waals surface area contributed by atoms with Crippen molar-refractivity contribution in [3.8, 4) is 5.75 Å². The zero-order valence-corrected chi connectivity index (χ0v) is 8.89. The lowest BCUT2D eigenvalue weighted by Crippen LogP contribution is -2.27. The number of halogens is 3. The van der Waals surface area contributed by atoms with E-state index in [0.29, 0.717) is 15.6 Å². The maximum atomic E-state index is 11.8. The van der Waals surface area contributed by atoms with Gasteiger partial charge in [0.15, 0.2) is 0 Å². The van der Waals surface area contributed by atoms with Crippen molar-refractivity contribution >= 4 is 23.2 Å². The number of nitrogens with zero attached hydrogens (tertiary/aromatic N) is 1. The van der Waals surface area contributed by atoms with Gasteiger partial charge in [-0.15, -0.1) is 0 Å². The summed E-state index contributed by atoms with van der Waals surface area (Å²) in [6.45, 7) is 4.72. The van der Waals surface area contributed by atoms with Crippen molar-refractivity contribution < 1.29 is 13.5 Å². The van der Waals surface area contributed by atoms with Crippen molar-refractivity contribution in [1.82, 2.24) is 4.98 Å². The largest absolute Gasteiger partial charge is 0.486 e. The first-order chi connectivity index (χ1) is 7.00. The summed E-state index contributed by atoms with van der Waals surface area (Å²) in [4.78, 5) is 3.95. The Morgan fingerprint density at radius 2 is 2.33 bits per heavy atom. The zero-order chi connectivity index (χ0) is 11.4. The highest BCUT2D eigenvalue weighted by molar-refractivity contribution is 6.44. The number of alkyl halides is 2. The molecule has 0 unspecified atom stereocenters. The lowest BCUT2D eigenvalue weighted by atomic mass is 10.3. The predicted molar refractivity (Wildman–Crippen MR) is 55.4 cm³/mol. The molecule has 0 atom stereocenters. The van der Waals surface area contributed by atoms with Crippen LogP contribution in [0, 0.1) is 0 Å². The Balaban J connectivity index is 2.94. The van der Waals surface area contributed by atoms with Crippen molar-refractivity contribution in [2.45, 2.75) is 13.3 Å². The van der Waals surface area contributed by atoms with E-state index in [1.807, 2.05) is 0 Å². The highest BCUT2D eigenvalue weighted by atomic mass is 35.5. The van der Waals surface area contributed by atoms with Gasteiger partial charge in [-0.1, -0.05) is 18.2 Å². The molecule has 0 fully saturated rings. The normalized spacial score (nSPS) is 12.9. The third-order valence-electron chi connectivity index (χ3n) is 1.64. The molecule has 2 nitrogen and oxygen atoms in total. The molecule has 0 spiro atoms. The van der Waals surface area contributed by atoms with Crippen LogP contribution in [0.15, 0.2) is 12.3 Å². The zero-order valence-electron chi connectivity index (χ0n) is 8.14. The van der Waals surface area contributed by atoms with Crippen LogP contribution in [0.4, 0.5) is 8.78 Å². The average Bonchev–Trinajstić information content (AvgIpc) is 2.14. The molecule has 1 rings (SSSR count). The van der Waals surface area contributed by atoms with Gasteiger partial charge >= 0.3 is 0 Å². The van der Waals surface area contributed by atoms with Gasteiger partial charge in [-0.25, -0.2) is 8.78 Å². The summed E-state index contributed by atoms with van der Waals surface area (Å²) in [6, 6.07) is 1.52. The van der Waals surface area contributed by atoms with Crippen LogP contribution in [0.3, 0.4) is 0 Å². The molecule has 82 valence electrons. The van der Waals surface area contributed by atoms with Crippen LogP contribution in [-0.4, -0.2) is 18.0 Å². The molecule has 15 heavy (non-hydrogen) atoms. The highest BCUT2D eigenvalue weighted by Crippen LogP contribution is 2.05. The van der Waals surface area contributed by atoms with Crippen LogP contribution in [0.2, 0.25) is 0 Å². The number of hydrogen-bond acceptors (Lipinski definition) is 2. The van der Waals surface area contributed by atoms with Crippen LogP contribution < -0.4 is 15.3 Å². The summed E-state index contributed by atoms with van der Waals surface area (Å²) in [5, 5.41) is 1.59. The molecule has 0 aromatic carbocycles. The molecule has 1 heterocycles. The topological polar surface area (TPSA) is 22.1 Å². The van der Waals surface area contributed by atoms with Gasteiger partial charge in [-0.05, 0) is 18.2 Å². The van der Waals surface area contributed by atoms with Crippen molar-refractivity contribution in [2.75, 3.05) is 6.61 Å². The Morgan fingerprint density at radius 1 is 1.67 bits per heavy atom. The Kier molecular flexibility index (Phi) is 4.03. The molecule has 0 bridgehead atoms. The number of pyridine rings is 1.